The van der Waals surface area contributed by atoms with Crippen LogP contribution in [-0.4, -0.2) is 18.1 Å². The molecule has 0 spiro atoms. The van der Waals surface area contributed by atoms with Crippen LogP contribution in [0.25, 0.3) is 0 Å². The van der Waals surface area contributed by atoms with E-state index in [4.69, 9.17) is 4.74 Å². The number of nitrogens with one attached hydrogen (secondary N) is 1. The number of amides is 1. The summed E-state index contributed by atoms with van der Waals surface area (Å²) in [6.45, 7) is 2.24. The largest absolute Gasteiger partial charge is 0.507 e. The van der Waals surface area contributed by atoms with Gasteiger partial charge in [-0.15, -0.1) is 0 Å². The van der Waals surface area contributed by atoms with Crippen LogP contribution >= 0.6 is 0 Å². The number of ether oxygens (including phenoxy) is 1. The Hall–Kier alpha value is -2.49. The molecule has 0 saturated carbocycles. The van der Waals surface area contributed by atoms with Crippen LogP contribution < -0.4 is 10.1 Å². The number of methoxy groups -OCH3 is 1. The molecule has 2 aromatic carbocycles. The summed E-state index contributed by atoms with van der Waals surface area (Å²) >= 11 is 0. The van der Waals surface area contributed by atoms with Gasteiger partial charge in [0.15, 0.2) is 0 Å². The van der Waals surface area contributed by atoms with Crippen molar-refractivity contribution in [1.29, 1.82) is 0 Å². The highest BCUT2D eigenvalue weighted by Gasteiger charge is 2.10. The topological polar surface area (TPSA) is 58.6 Å². The average molecular weight is 271 g/mol. The van der Waals surface area contributed by atoms with E-state index in [1.54, 1.807) is 25.3 Å². The smallest absolute Gasteiger partial charge is 0.255 e. The molecule has 0 saturated heterocycles. The van der Waals surface area contributed by atoms with Crippen molar-refractivity contribution < 1.29 is 14.6 Å². The highest BCUT2D eigenvalue weighted by atomic mass is 16.5. The maximum absolute atomic E-state index is 12.0. The number of aryl methyl sites for hydroxylation is 1. The zero-order chi connectivity index (χ0) is 14.5. The van der Waals surface area contributed by atoms with E-state index in [9.17, 15) is 9.90 Å². The van der Waals surface area contributed by atoms with Crippen LogP contribution in [-0.2, 0) is 6.54 Å². The summed E-state index contributed by atoms with van der Waals surface area (Å²) in [4.78, 5) is 12.0. The third-order valence-corrected chi connectivity index (χ3v) is 2.99. The number of phenols is 1. The first-order chi connectivity index (χ1) is 9.60. The number of hydrogen-bond acceptors (Lipinski definition) is 3. The van der Waals surface area contributed by atoms with Crippen LogP contribution in [0.15, 0.2) is 42.5 Å². The van der Waals surface area contributed by atoms with Crippen LogP contribution in [0.2, 0.25) is 0 Å². The fourth-order valence-electron chi connectivity index (χ4n) is 1.89. The Morgan fingerprint density at radius 2 is 2.05 bits per heavy atom. The second-order valence-corrected chi connectivity index (χ2v) is 4.55. The molecule has 1 amide bonds. The van der Waals surface area contributed by atoms with E-state index in [0.29, 0.717) is 6.54 Å². The molecule has 4 nitrogen and oxygen atoms in total. The molecule has 0 bridgehead atoms. The predicted molar refractivity (Wildman–Crippen MR) is 77.0 cm³/mol. The van der Waals surface area contributed by atoms with Crippen LogP contribution in [0, 0.1) is 6.92 Å². The van der Waals surface area contributed by atoms with Gasteiger partial charge in [0.1, 0.15) is 11.5 Å². The first-order valence-corrected chi connectivity index (χ1v) is 6.31. The average Bonchev–Trinajstić information content (AvgIpc) is 2.45. The number of carbonyl (C=O) groups is 1. The van der Waals surface area contributed by atoms with E-state index in [1.165, 1.54) is 0 Å². The van der Waals surface area contributed by atoms with Crippen molar-refractivity contribution in [2.24, 2.45) is 0 Å². The minimum atomic E-state index is -0.301. The molecule has 20 heavy (non-hydrogen) atoms. The Morgan fingerprint density at radius 3 is 2.75 bits per heavy atom. The van der Waals surface area contributed by atoms with Crippen molar-refractivity contribution in [2.45, 2.75) is 13.5 Å². The van der Waals surface area contributed by atoms with Gasteiger partial charge in [0, 0.05) is 6.54 Å². The third-order valence-electron chi connectivity index (χ3n) is 2.99. The van der Waals surface area contributed by atoms with Crippen molar-refractivity contribution in [3.8, 4) is 11.5 Å². The van der Waals surface area contributed by atoms with Crippen LogP contribution in [0.1, 0.15) is 21.5 Å². The monoisotopic (exact) mass is 271 g/mol. The van der Waals surface area contributed by atoms with Crippen LogP contribution in [0.5, 0.6) is 11.5 Å². The van der Waals surface area contributed by atoms with E-state index < -0.39 is 0 Å². The molecule has 2 aromatic rings. The summed E-state index contributed by atoms with van der Waals surface area (Å²) in [5.41, 5.74) is 2.12. The maximum atomic E-state index is 12.0. The van der Waals surface area contributed by atoms with Gasteiger partial charge in [-0.2, -0.15) is 0 Å². The second kappa shape index (κ2) is 6.10. The molecule has 104 valence electrons. The zero-order valence-corrected chi connectivity index (χ0v) is 11.5. The Morgan fingerprint density at radius 1 is 1.25 bits per heavy atom. The van der Waals surface area contributed by atoms with Crippen molar-refractivity contribution in [3.63, 3.8) is 0 Å². The summed E-state index contributed by atoms with van der Waals surface area (Å²) < 4.78 is 5.13. The normalized spacial score (nSPS) is 10.1. The number of phenolic OH excluding ortho intramolecular Hbond substituents is 1. The first-order valence-electron chi connectivity index (χ1n) is 6.31. The molecule has 0 aliphatic carbocycles. The Bertz CT molecular complexity index is 623. The lowest BCUT2D eigenvalue weighted by Crippen LogP contribution is -2.22. The molecule has 0 aliphatic rings. The molecule has 0 atom stereocenters. The molecular weight excluding hydrogens is 254 g/mol. The van der Waals surface area contributed by atoms with Crippen molar-refractivity contribution in [3.05, 3.63) is 59.2 Å². The SMILES string of the molecule is COc1cccc(CNC(=O)c2ccc(C)cc2O)c1. The summed E-state index contributed by atoms with van der Waals surface area (Å²) in [7, 11) is 1.60. The summed E-state index contributed by atoms with van der Waals surface area (Å²) in [5.74, 6) is 0.438. The fraction of sp³-hybridized carbons (Fsp3) is 0.188. The van der Waals surface area contributed by atoms with E-state index in [-0.39, 0.29) is 17.2 Å². The molecule has 0 radical (unpaired) electrons. The number of aromatic hydroxyl groups is 1. The van der Waals surface area contributed by atoms with Gasteiger partial charge >= 0.3 is 0 Å². The van der Waals surface area contributed by atoms with Gasteiger partial charge in [-0.3, -0.25) is 4.79 Å². The zero-order valence-electron chi connectivity index (χ0n) is 11.5. The summed E-state index contributed by atoms with van der Waals surface area (Å²) in [6, 6.07) is 12.4. The molecule has 0 fully saturated rings. The fourth-order valence-corrected chi connectivity index (χ4v) is 1.89. The second-order valence-electron chi connectivity index (χ2n) is 4.55. The predicted octanol–water partition coefficient (Wildman–Crippen LogP) is 2.64. The highest BCUT2D eigenvalue weighted by Crippen LogP contribution is 2.18. The lowest BCUT2D eigenvalue weighted by molar-refractivity contribution is 0.0948. The van der Waals surface area contributed by atoms with Gasteiger partial charge in [-0.05, 0) is 42.3 Å². The molecule has 0 aliphatic heterocycles. The van der Waals surface area contributed by atoms with Gasteiger partial charge in [-0.1, -0.05) is 18.2 Å². The van der Waals surface area contributed by atoms with Gasteiger partial charge < -0.3 is 15.2 Å². The van der Waals surface area contributed by atoms with Crippen LogP contribution in [0.3, 0.4) is 0 Å². The molecule has 2 N–H and O–H groups in total. The quantitative estimate of drug-likeness (QED) is 0.898. The van der Waals surface area contributed by atoms with E-state index in [2.05, 4.69) is 5.32 Å². The van der Waals surface area contributed by atoms with Gasteiger partial charge in [-0.25, -0.2) is 0 Å². The minimum Gasteiger partial charge on any atom is -0.507 e. The van der Waals surface area contributed by atoms with Crippen LogP contribution in [0.4, 0.5) is 0 Å². The Balaban J connectivity index is 2.04. The molecular formula is C16H17NO3. The molecule has 4 heteroatoms. The lowest BCUT2D eigenvalue weighted by Gasteiger charge is -2.08. The van der Waals surface area contributed by atoms with Gasteiger partial charge in [0.25, 0.3) is 5.91 Å². The van der Waals surface area contributed by atoms with E-state index >= 15 is 0 Å². The summed E-state index contributed by atoms with van der Waals surface area (Å²) in [6.07, 6.45) is 0. The number of rotatable bonds is 4. The number of hydrogen-bond donors (Lipinski definition) is 2. The maximum Gasteiger partial charge on any atom is 0.255 e. The molecule has 0 aromatic heterocycles. The van der Waals surface area contributed by atoms with E-state index in [1.807, 2.05) is 31.2 Å². The molecule has 2 rings (SSSR count). The standard InChI is InChI=1S/C16H17NO3/c1-11-6-7-14(15(18)8-11)16(19)17-10-12-4-3-5-13(9-12)20-2/h3-9,18H,10H2,1-2H3,(H,17,19). The number of carbonyl (C=O) groups excluding carboxylic acids is 1. The highest BCUT2D eigenvalue weighted by molar-refractivity contribution is 5.96. The van der Waals surface area contributed by atoms with Gasteiger partial charge in [0.05, 0.1) is 12.7 Å². The molecule has 0 unspecified atom stereocenters. The van der Waals surface area contributed by atoms with E-state index in [0.717, 1.165) is 16.9 Å². The van der Waals surface area contributed by atoms with Crippen molar-refractivity contribution in [1.82, 2.24) is 5.32 Å². The minimum absolute atomic E-state index is 0.00635. The third kappa shape index (κ3) is 3.29. The summed E-state index contributed by atoms with van der Waals surface area (Å²) in [5, 5.41) is 12.5. The van der Waals surface area contributed by atoms with Gasteiger partial charge in [0.2, 0.25) is 0 Å². The lowest BCUT2D eigenvalue weighted by atomic mass is 10.1. The number of benzene rings is 2. The molecule has 0 heterocycles. The Labute approximate surface area is 118 Å². The van der Waals surface area contributed by atoms with Crippen molar-refractivity contribution >= 4 is 5.91 Å². The van der Waals surface area contributed by atoms with Crippen molar-refractivity contribution in [2.75, 3.05) is 7.11 Å². The first kappa shape index (κ1) is 13.9. The Kier molecular flexibility index (Phi) is 4.25.